The molecule has 1 saturated carbocycles. The van der Waals surface area contributed by atoms with E-state index in [1.807, 2.05) is 24.3 Å². The lowest BCUT2D eigenvalue weighted by Crippen LogP contribution is -2.15. The van der Waals surface area contributed by atoms with Crippen LogP contribution in [0.3, 0.4) is 0 Å². The zero-order valence-electron chi connectivity index (χ0n) is 8.72. The monoisotopic (exact) mass is 190 g/mol. The summed E-state index contributed by atoms with van der Waals surface area (Å²) in [5.74, 6) is 0. The fourth-order valence-electron chi connectivity index (χ4n) is 1.77. The van der Waals surface area contributed by atoms with E-state index in [4.69, 9.17) is 5.73 Å². The van der Waals surface area contributed by atoms with Crippen molar-refractivity contribution >= 4 is 11.4 Å². The van der Waals surface area contributed by atoms with Crippen LogP contribution in [0.1, 0.15) is 26.2 Å². The van der Waals surface area contributed by atoms with Crippen LogP contribution in [0.4, 0.5) is 11.4 Å². The van der Waals surface area contributed by atoms with Crippen LogP contribution in [0.5, 0.6) is 0 Å². The fourth-order valence-corrected chi connectivity index (χ4v) is 1.77. The van der Waals surface area contributed by atoms with E-state index in [1.54, 1.807) is 0 Å². The van der Waals surface area contributed by atoms with Crippen LogP contribution in [0, 0.1) is 5.41 Å². The van der Waals surface area contributed by atoms with Gasteiger partial charge in [0, 0.05) is 6.54 Å². The van der Waals surface area contributed by atoms with Gasteiger partial charge in [0.05, 0.1) is 11.4 Å². The van der Waals surface area contributed by atoms with E-state index in [9.17, 15) is 0 Å². The first-order chi connectivity index (χ1) is 6.76. The van der Waals surface area contributed by atoms with Crippen LogP contribution in [0.25, 0.3) is 0 Å². The maximum absolute atomic E-state index is 5.85. The van der Waals surface area contributed by atoms with Crippen molar-refractivity contribution in [3.63, 3.8) is 0 Å². The second kappa shape index (κ2) is 3.52. The summed E-state index contributed by atoms with van der Waals surface area (Å²) in [6, 6.07) is 7.96. The Morgan fingerprint density at radius 3 is 2.64 bits per heavy atom. The minimum Gasteiger partial charge on any atom is -0.397 e. The molecule has 76 valence electrons. The maximum atomic E-state index is 5.85. The quantitative estimate of drug-likeness (QED) is 0.716. The molecule has 0 aliphatic heterocycles. The third-order valence-electron chi connectivity index (χ3n) is 3.32. The number of benzene rings is 1. The van der Waals surface area contributed by atoms with Crippen molar-refractivity contribution < 1.29 is 0 Å². The summed E-state index contributed by atoms with van der Waals surface area (Å²) in [5, 5.41) is 3.44. The molecule has 2 heteroatoms. The van der Waals surface area contributed by atoms with Crippen LogP contribution in [0.15, 0.2) is 24.3 Å². The molecular weight excluding hydrogens is 172 g/mol. The van der Waals surface area contributed by atoms with Crippen LogP contribution < -0.4 is 11.1 Å². The van der Waals surface area contributed by atoms with E-state index in [1.165, 1.54) is 19.3 Å². The summed E-state index contributed by atoms with van der Waals surface area (Å²) in [7, 11) is 0. The van der Waals surface area contributed by atoms with Gasteiger partial charge in [-0.2, -0.15) is 0 Å². The summed E-state index contributed by atoms with van der Waals surface area (Å²) in [5.41, 5.74) is 8.34. The highest BCUT2D eigenvalue weighted by Crippen LogP contribution is 2.48. The standard InChI is InChI=1S/C12H18N2/c1-2-12(7-8-12)9-14-11-6-4-3-5-10(11)13/h3-6,14H,2,7-9,13H2,1H3. The zero-order valence-corrected chi connectivity index (χ0v) is 8.72. The van der Waals surface area contributed by atoms with Crippen LogP contribution in [0.2, 0.25) is 0 Å². The van der Waals surface area contributed by atoms with Crippen molar-refractivity contribution in [3.05, 3.63) is 24.3 Å². The van der Waals surface area contributed by atoms with Crippen molar-refractivity contribution in [2.75, 3.05) is 17.6 Å². The lowest BCUT2D eigenvalue weighted by Gasteiger charge is -2.15. The van der Waals surface area contributed by atoms with Crippen molar-refractivity contribution in [1.82, 2.24) is 0 Å². The third kappa shape index (κ3) is 1.84. The van der Waals surface area contributed by atoms with Gasteiger partial charge in [0.15, 0.2) is 0 Å². The first-order valence-electron chi connectivity index (χ1n) is 5.34. The second-order valence-electron chi connectivity index (χ2n) is 4.29. The van der Waals surface area contributed by atoms with Crippen molar-refractivity contribution in [3.8, 4) is 0 Å². The number of nitrogen functional groups attached to an aromatic ring is 1. The Balaban J connectivity index is 1.95. The number of para-hydroxylation sites is 2. The van der Waals surface area contributed by atoms with Crippen molar-refractivity contribution in [1.29, 1.82) is 0 Å². The summed E-state index contributed by atoms with van der Waals surface area (Å²) in [6.07, 6.45) is 4.00. The normalized spacial score (nSPS) is 17.8. The van der Waals surface area contributed by atoms with E-state index < -0.39 is 0 Å². The van der Waals surface area contributed by atoms with E-state index in [-0.39, 0.29) is 0 Å². The van der Waals surface area contributed by atoms with Gasteiger partial charge in [0.1, 0.15) is 0 Å². The average Bonchev–Trinajstić information content (AvgIpc) is 2.98. The molecule has 0 saturated heterocycles. The first kappa shape index (κ1) is 9.38. The second-order valence-corrected chi connectivity index (χ2v) is 4.29. The molecule has 0 aromatic heterocycles. The van der Waals surface area contributed by atoms with Crippen molar-refractivity contribution in [2.45, 2.75) is 26.2 Å². The van der Waals surface area contributed by atoms with E-state index in [2.05, 4.69) is 12.2 Å². The summed E-state index contributed by atoms with van der Waals surface area (Å²) in [6.45, 7) is 3.33. The van der Waals surface area contributed by atoms with E-state index in [0.717, 1.165) is 17.9 Å². The number of nitrogens with one attached hydrogen (secondary N) is 1. The summed E-state index contributed by atoms with van der Waals surface area (Å²) >= 11 is 0. The highest BCUT2D eigenvalue weighted by atomic mass is 14.9. The number of anilines is 2. The first-order valence-corrected chi connectivity index (χ1v) is 5.34. The van der Waals surface area contributed by atoms with Gasteiger partial charge >= 0.3 is 0 Å². The molecular formula is C12H18N2. The smallest absolute Gasteiger partial charge is 0.0574 e. The van der Waals surface area contributed by atoms with Gasteiger partial charge in [-0.05, 0) is 36.8 Å². The average molecular weight is 190 g/mol. The SMILES string of the molecule is CCC1(CNc2ccccc2N)CC1. The molecule has 0 radical (unpaired) electrons. The molecule has 1 aromatic carbocycles. The summed E-state index contributed by atoms with van der Waals surface area (Å²) < 4.78 is 0. The zero-order chi connectivity index (χ0) is 10.0. The van der Waals surface area contributed by atoms with Gasteiger partial charge in [0.2, 0.25) is 0 Å². The topological polar surface area (TPSA) is 38.0 Å². The molecule has 0 atom stereocenters. The van der Waals surface area contributed by atoms with E-state index in [0.29, 0.717) is 5.41 Å². The molecule has 0 bridgehead atoms. The summed E-state index contributed by atoms with van der Waals surface area (Å²) in [4.78, 5) is 0. The number of nitrogens with two attached hydrogens (primary N) is 1. The van der Waals surface area contributed by atoms with Crippen LogP contribution in [-0.2, 0) is 0 Å². The fraction of sp³-hybridized carbons (Fsp3) is 0.500. The van der Waals surface area contributed by atoms with Gasteiger partial charge in [-0.1, -0.05) is 19.1 Å². The third-order valence-corrected chi connectivity index (χ3v) is 3.32. The predicted molar refractivity (Wildman–Crippen MR) is 61.3 cm³/mol. The Hall–Kier alpha value is -1.18. The Kier molecular flexibility index (Phi) is 2.36. The molecule has 0 amide bonds. The Morgan fingerprint density at radius 1 is 1.36 bits per heavy atom. The number of hydrogen-bond acceptors (Lipinski definition) is 2. The minimum absolute atomic E-state index is 0.572. The van der Waals surface area contributed by atoms with Gasteiger partial charge < -0.3 is 11.1 Å². The lowest BCUT2D eigenvalue weighted by molar-refractivity contribution is 0.521. The van der Waals surface area contributed by atoms with Crippen molar-refractivity contribution in [2.24, 2.45) is 5.41 Å². The molecule has 1 fully saturated rings. The van der Waals surface area contributed by atoms with Gasteiger partial charge in [-0.15, -0.1) is 0 Å². The van der Waals surface area contributed by atoms with Crippen LogP contribution >= 0.6 is 0 Å². The highest BCUT2D eigenvalue weighted by Gasteiger charge is 2.40. The van der Waals surface area contributed by atoms with Gasteiger partial charge in [-0.25, -0.2) is 0 Å². The highest BCUT2D eigenvalue weighted by molar-refractivity contribution is 5.65. The van der Waals surface area contributed by atoms with Gasteiger partial charge in [-0.3, -0.25) is 0 Å². The number of rotatable bonds is 4. The molecule has 1 aromatic rings. The Bertz CT molecular complexity index is 316. The molecule has 3 N–H and O–H groups in total. The molecule has 1 aliphatic carbocycles. The molecule has 0 heterocycles. The largest absolute Gasteiger partial charge is 0.397 e. The Morgan fingerprint density at radius 2 is 2.07 bits per heavy atom. The molecule has 2 rings (SSSR count). The lowest BCUT2D eigenvalue weighted by atomic mass is 10.0. The predicted octanol–water partition coefficient (Wildman–Crippen LogP) is 2.87. The van der Waals surface area contributed by atoms with Crippen LogP contribution in [-0.4, -0.2) is 6.54 Å². The maximum Gasteiger partial charge on any atom is 0.0574 e. The Labute approximate surface area is 85.5 Å². The molecule has 14 heavy (non-hydrogen) atoms. The molecule has 2 nitrogen and oxygen atoms in total. The van der Waals surface area contributed by atoms with E-state index >= 15 is 0 Å². The molecule has 1 aliphatic rings. The molecule has 0 unspecified atom stereocenters. The molecule has 0 spiro atoms. The minimum atomic E-state index is 0.572. The van der Waals surface area contributed by atoms with Gasteiger partial charge in [0.25, 0.3) is 0 Å². The number of hydrogen-bond donors (Lipinski definition) is 2.